The summed E-state index contributed by atoms with van der Waals surface area (Å²) in [5, 5.41) is 17.1. The van der Waals surface area contributed by atoms with Gasteiger partial charge in [-0.25, -0.2) is 5.43 Å². The predicted molar refractivity (Wildman–Crippen MR) is 165 cm³/mol. The molecule has 0 atom stereocenters. The van der Waals surface area contributed by atoms with Gasteiger partial charge in [0.15, 0.2) is 0 Å². The number of thiophene rings is 1. The lowest BCUT2D eigenvalue weighted by Crippen LogP contribution is -2.46. The van der Waals surface area contributed by atoms with Gasteiger partial charge in [-0.05, 0) is 79.5 Å². The second-order valence-corrected chi connectivity index (χ2v) is 12.1. The van der Waals surface area contributed by atoms with E-state index in [-0.39, 0.29) is 18.4 Å². The molecule has 3 aromatic rings. The fraction of sp³-hybridized carbons (Fsp3) is 0.406. The fourth-order valence-electron chi connectivity index (χ4n) is 5.52. The zero-order valence-corrected chi connectivity index (χ0v) is 24.7. The molecule has 1 aliphatic carbocycles. The molecule has 41 heavy (non-hydrogen) atoms. The number of β-amino-alcohol motifs (C(OH)–C–C–N with tert-alkyl or cyclic N) is 1. The number of carbonyl (C=O) groups excluding carboxylic acids is 2. The normalized spacial score (nSPS) is 16.1. The van der Waals surface area contributed by atoms with E-state index in [0.717, 1.165) is 75.1 Å². The maximum absolute atomic E-state index is 13.4. The molecule has 3 N–H and O–H groups in total. The molecule has 0 unspecified atom stereocenters. The molecular formula is C32H39N5O3S. The minimum atomic E-state index is -0.297. The Kier molecular flexibility index (Phi) is 9.61. The van der Waals surface area contributed by atoms with E-state index in [4.69, 9.17) is 0 Å². The topological polar surface area (TPSA) is 97.3 Å². The van der Waals surface area contributed by atoms with Gasteiger partial charge in [-0.1, -0.05) is 30.3 Å². The van der Waals surface area contributed by atoms with Crippen LogP contribution >= 0.6 is 11.3 Å². The lowest BCUT2D eigenvalue weighted by molar-refractivity contribution is 0.0955. The number of nitrogens with one attached hydrogen (secondary N) is 2. The Morgan fingerprint density at radius 2 is 1.76 bits per heavy atom. The van der Waals surface area contributed by atoms with Crippen LogP contribution in [0.2, 0.25) is 0 Å². The lowest BCUT2D eigenvalue weighted by atomic mass is 9.95. The summed E-state index contributed by atoms with van der Waals surface area (Å²) in [7, 11) is 0. The van der Waals surface area contributed by atoms with Crippen molar-refractivity contribution in [3.05, 3.63) is 86.3 Å². The van der Waals surface area contributed by atoms with Crippen LogP contribution in [-0.2, 0) is 19.4 Å². The summed E-state index contributed by atoms with van der Waals surface area (Å²) in [6.45, 7) is 9.52. The van der Waals surface area contributed by atoms with Crippen molar-refractivity contribution in [2.45, 2.75) is 46.1 Å². The molecule has 1 fully saturated rings. The quantitative estimate of drug-likeness (QED) is 0.261. The van der Waals surface area contributed by atoms with Crippen molar-refractivity contribution < 1.29 is 14.7 Å². The number of hydrogen-bond acceptors (Lipinski definition) is 7. The van der Waals surface area contributed by atoms with Gasteiger partial charge in [-0.15, -0.1) is 11.3 Å². The van der Waals surface area contributed by atoms with Gasteiger partial charge in [0.1, 0.15) is 5.00 Å². The summed E-state index contributed by atoms with van der Waals surface area (Å²) in [5.74, 6) is -0.514. The third-order valence-electron chi connectivity index (χ3n) is 8.01. The number of fused-ring (bicyclic) bond motifs is 1. The first-order valence-corrected chi connectivity index (χ1v) is 15.2. The number of piperazine rings is 1. The van der Waals surface area contributed by atoms with Crippen molar-refractivity contribution in [1.29, 1.82) is 0 Å². The van der Waals surface area contributed by atoms with E-state index in [1.54, 1.807) is 6.21 Å². The molecule has 0 saturated carbocycles. The number of carbonyl (C=O) groups is 2. The van der Waals surface area contributed by atoms with Crippen molar-refractivity contribution in [3.8, 4) is 0 Å². The van der Waals surface area contributed by atoms with Crippen LogP contribution in [-0.4, -0.2) is 72.3 Å². The first-order chi connectivity index (χ1) is 19.9. The van der Waals surface area contributed by atoms with Crippen LogP contribution in [0.15, 0.2) is 47.6 Å². The number of aliphatic hydroxyl groups is 1. The third kappa shape index (κ3) is 7.29. The first kappa shape index (κ1) is 29.1. The zero-order valence-electron chi connectivity index (χ0n) is 23.9. The molecule has 0 radical (unpaired) electrons. The Labute approximate surface area is 246 Å². The van der Waals surface area contributed by atoms with E-state index in [0.29, 0.717) is 22.7 Å². The lowest BCUT2D eigenvalue weighted by Gasteiger charge is -2.34. The van der Waals surface area contributed by atoms with E-state index >= 15 is 0 Å². The number of aliphatic hydroxyl groups excluding tert-OH is 1. The van der Waals surface area contributed by atoms with Gasteiger partial charge in [0, 0.05) is 49.7 Å². The zero-order chi connectivity index (χ0) is 28.8. The Hall–Kier alpha value is -3.37. The number of amides is 2. The highest BCUT2D eigenvalue weighted by Gasteiger charge is 2.27. The van der Waals surface area contributed by atoms with Crippen molar-refractivity contribution >= 4 is 34.4 Å². The molecular weight excluding hydrogens is 534 g/mol. The van der Waals surface area contributed by atoms with Crippen molar-refractivity contribution in [3.63, 3.8) is 0 Å². The van der Waals surface area contributed by atoms with Gasteiger partial charge in [0.2, 0.25) is 0 Å². The number of benzene rings is 2. The van der Waals surface area contributed by atoms with Crippen LogP contribution in [0.5, 0.6) is 0 Å². The molecule has 5 rings (SSSR count). The average Bonchev–Trinajstić information content (AvgIpc) is 3.34. The van der Waals surface area contributed by atoms with Crippen LogP contribution in [0.25, 0.3) is 0 Å². The monoisotopic (exact) mass is 573 g/mol. The van der Waals surface area contributed by atoms with Gasteiger partial charge in [-0.3, -0.25) is 19.4 Å². The predicted octanol–water partition coefficient (Wildman–Crippen LogP) is 4.37. The summed E-state index contributed by atoms with van der Waals surface area (Å²) in [5.41, 5.74) is 9.22. The number of aryl methyl sites for hydroxylation is 3. The van der Waals surface area contributed by atoms with Crippen LogP contribution in [0.3, 0.4) is 0 Å². The van der Waals surface area contributed by atoms with E-state index in [1.165, 1.54) is 27.3 Å². The van der Waals surface area contributed by atoms with Gasteiger partial charge >= 0.3 is 0 Å². The summed E-state index contributed by atoms with van der Waals surface area (Å²) in [4.78, 5) is 32.6. The van der Waals surface area contributed by atoms with Gasteiger partial charge in [0.05, 0.1) is 18.4 Å². The molecule has 8 nitrogen and oxygen atoms in total. The van der Waals surface area contributed by atoms with E-state index in [9.17, 15) is 14.7 Å². The van der Waals surface area contributed by atoms with Gasteiger partial charge in [0.25, 0.3) is 11.8 Å². The molecule has 2 amide bonds. The maximum Gasteiger partial charge on any atom is 0.274 e. The summed E-state index contributed by atoms with van der Waals surface area (Å²) in [6, 6.07) is 13.8. The number of hydrazone groups is 1. The summed E-state index contributed by atoms with van der Waals surface area (Å²) in [6.07, 6.45) is 5.51. The van der Waals surface area contributed by atoms with Crippen LogP contribution < -0.4 is 10.7 Å². The highest BCUT2D eigenvalue weighted by atomic mass is 32.1. The fourth-order valence-corrected chi connectivity index (χ4v) is 6.80. The molecule has 1 aliphatic heterocycles. The highest BCUT2D eigenvalue weighted by Crippen LogP contribution is 2.38. The molecule has 2 aromatic carbocycles. The Bertz CT molecular complexity index is 1420. The Balaban J connectivity index is 1.28. The maximum atomic E-state index is 13.4. The molecule has 2 heterocycles. The molecule has 1 saturated heterocycles. The first-order valence-electron chi connectivity index (χ1n) is 14.4. The van der Waals surface area contributed by atoms with Crippen LogP contribution in [0.1, 0.15) is 66.3 Å². The summed E-state index contributed by atoms with van der Waals surface area (Å²) >= 11 is 1.51. The molecule has 216 valence electrons. The SMILES string of the molecule is Cc1ccc(C=NNC(=O)c2c(NC(=O)c3cccc(CN4CCN(CCO)CC4)c3)sc3c2CCCC3)cc1C. The molecule has 0 bridgehead atoms. The second-order valence-electron chi connectivity index (χ2n) is 11.0. The molecule has 2 aliphatic rings. The van der Waals surface area contributed by atoms with Crippen molar-refractivity contribution in [1.82, 2.24) is 15.2 Å². The van der Waals surface area contributed by atoms with E-state index in [2.05, 4.69) is 39.5 Å². The molecule has 0 spiro atoms. The minimum Gasteiger partial charge on any atom is -0.395 e. The van der Waals surface area contributed by atoms with Gasteiger partial charge in [-0.2, -0.15) is 5.10 Å². The molecule has 9 heteroatoms. The van der Waals surface area contributed by atoms with Crippen molar-refractivity contribution in [2.75, 3.05) is 44.6 Å². The Morgan fingerprint density at radius 3 is 2.54 bits per heavy atom. The number of anilines is 1. The van der Waals surface area contributed by atoms with Gasteiger partial charge < -0.3 is 10.4 Å². The number of nitrogens with zero attached hydrogens (tertiary/aromatic N) is 3. The average molecular weight is 574 g/mol. The molecule has 1 aromatic heterocycles. The largest absolute Gasteiger partial charge is 0.395 e. The Morgan fingerprint density at radius 1 is 0.976 bits per heavy atom. The number of rotatable bonds is 9. The summed E-state index contributed by atoms with van der Waals surface area (Å²) < 4.78 is 0. The van der Waals surface area contributed by atoms with E-state index in [1.807, 2.05) is 42.5 Å². The second kappa shape index (κ2) is 13.5. The standard InChI is InChI=1S/C32H39N5O3S/c1-22-10-11-24(18-23(22)2)20-33-35-31(40)29-27-8-3-4-9-28(27)41-32(29)34-30(39)26-7-5-6-25(19-26)21-37-14-12-36(13-15-37)16-17-38/h5-7,10-11,18-20,38H,3-4,8-9,12-17,21H2,1-2H3,(H,34,39)(H,35,40). The van der Waals surface area contributed by atoms with Crippen LogP contribution in [0, 0.1) is 13.8 Å². The number of hydrogen-bond donors (Lipinski definition) is 3. The smallest absolute Gasteiger partial charge is 0.274 e. The van der Waals surface area contributed by atoms with Crippen molar-refractivity contribution in [2.24, 2.45) is 5.10 Å². The minimum absolute atomic E-state index is 0.189. The van der Waals surface area contributed by atoms with Crippen LogP contribution in [0.4, 0.5) is 5.00 Å². The van der Waals surface area contributed by atoms with E-state index < -0.39 is 0 Å². The third-order valence-corrected chi connectivity index (χ3v) is 9.22. The highest BCUT2D eigenvalue weighted by molar-refractivity contribution is 7.17.